The Morgan fingerprint density at radius 3 is 2.32 bits per heavy atom. The summed E-state index contributed by atoms with van der Waals surface area (Å²) in [7, 11) is -0.663. The van der Waals surface area contributed by atoms with Crippen LogP contribution in [0.3, 0.4) is 0 Å². The number of halogens is 1. The van der Waals surface area contributed by atoms with Crippen molar-refractivity contribution in [2.45, 2.75) is 38.9 Å². The molecule has 1 aliphatic rings. The van der Waals surface area contributed by atoms with Gasteiger partial charge in [-0.2, -0.15) is 0 Å². The first-order chi connectivity index (χ1) is 8.82. The molecule has 5 heteroatoms. The van der Waals surface area contributed by atoms with Crippen molar-refractivity contribution < 1.29 is 13.7 Å². The van der Waals surface area contributed by atoms with Gasteiger partial charge < -0.3 is 14.3 Å². The molecule has 1 N–H and O–H groups in total. The number of fused-ring (bicyclic) bond motifs is 1. The van der Waals surface area contributed by atoms with Gasteiger partial charge in [-0.05, 0) is 39.8 Å². The summed E-state index contributed by atoms with van der Waals surface area (Å²) in [4.78, 5) is 2.99. The van der Waals surface area contributed by atoms with Gasteiger partial charge in [-0.15, -0.1) is 0 Å². The third-order valence-electron chi connectivity index (χ3n) is 4.21. The third-order valence-corrected chi connectivity index (χ3v) is 4.21. The van der Waals surface area contributed by atoms with Crippen LogP contribution in [0.25, 0.3) is 10.9 Å². The highest BCUT2D eigenvalue weighted by molar-refractivity contribution is 6.62. The second-order valence-corrected chi connectivity index (χ2v) is 6.00. The lowest BCUT2D eigenvalue weighted by molar-refractivity contribution is 0.00578. The molecule has 2 aromatic rings. The summed E-state index contributed by atoms with van der Waals surface area (Å²) < 4.78 is 26.2. The third kappa shape index (κ3) is 1.80. The fourth-order valence-electron chi connectivity index (χ4n) is 2.27. The smallest absolute Gasteiger partial charge is 0.399 e. The summed E-state index contributed by atoms with van der Waals surface area (Å²) in [6.07, 6.45) is 1.72. The zero-order valence-electron chi connectivity index (χ0n) is 11.6. The van der Waals surface area contributed by atoms with Crippen molar-refractivity contribution in [2.24, 2.45) is 0 Å². The number of H-pyrrole nitrogens is 1. The Morgan fingerprint density at radius 2 is 1.68 bits per heavy atom. The van der Waals surface area contributed by atoms with Crippen molar-refractivity contribution in [3.63, 3.8) is 0 Å². The minimum absolute atomic E-state index is 0.280. The maximum absolute atomic E-state index is 14.5. The van der Waals surface area contributed by atoms with Crippen molar-refractivity contribution in [1.82, 2.24) is 4.98 Å². The maximum Gasteiger partial charge on any atom is 0.497 e. The highest BCUT2D eigenvalue weighted by Gasteiger charge is 2.52. The molecule has 0 bridgehead atoms. The normalized spacial score (nSPS) is 21.2. The molecule has 0 spiro atoms. The molecule has 3 nitrogen and oxygen atoms in total. The summed E-state index contributed by atoms with van der Waals surface area (Å²) >= 11 is 0. The molecule has 0 amide bonds. The maximum atomic E-state index is 14.5. The fourth-order valence-corrected chi connectivity index (χ4v) is 2.27. The molecule has 100 valence electrons. The zero-order chi connectivity index (χ0) is 13.8. The molecular weight excluding hydrogens is 244 g/mol. The number of nitrogens with one attached hydrogen (secondary N) is 1. The van der Waals surface area contributed by atoms with E-state index in [0.29, 0.717) is 10.8 Å². The van der Waals surface area contributed by atoms with Crippen LogP contribution >= 0.6 is 0 Å². The second kappa shape index (κ2) is 3.84. The average Bonchev–Trinajstić information content (AvgIpc) is 2.83. The van der Waals surface area contributed by atoms with E-state index >= 15 is 0 Å². The Bertz CT molecular complexity index is 619. The SMILES string of the molecule is CC1(C)OB(c2ccc3[nH]ccc3c2F)OC1(C)C. The van der Waals surface area contributed by atoms with E-state index in [-0.39, 0.29) is 5.82 Å². The van der Waals surface area contributed by atoms with Crippen molar-refractivity contribution in [2.75, 3.05) is 0 Å². The number of aromatic nitrogens is 1. The largest absolute Gasteiger partial charge is 0.497 e. The molecule has 1 aromatic heterocycles. The quantitative estimate of drug-likeness (QED) is 0.800. The minimum atomic E-state index is -0.663. The van der Waals surface area contributed by atoms with Crippen molar-refractivity contribution in [3.8, 4) is 0 Å². The van der Waals surface area contributed by atoms with Crippen LogP contribution in [0.15, 0.2) is 24.4 Å². The molecular formula is C14H17BFNO2. The molecule has 0 radical (unpaired) electrons. The van der Waals surface area contributed by atoms with Gasteiger partial charge in [0.05, 0.1) is 11.2 Å². The van der Waals surface area contributed by atoms with E-state index in [0.717, 1.165) is 5.52 Å². The molecule has 1 fully saturated rings. The zero-order valence-corrected chi connectivity index (χ0v) is 11.6. The first kappa shape index (κ1) is 12.7. The van der Waals surface area contributed by atoms with Gasteiger partial charge in [-0.25, -0.2) is 4.39 Å². The van der Waals surface area contributed by atoms with Gasteiger partial charge >= 0.3 is 7.12 Å². The number of aromatic amines is 1. The topological polar surface area (TPSA) is 34.2 Å². The lowest BCUT2D eigenvalue weighted by Crippen LogP contribution is -2.41. The molecule has 3 rings (SSSR count). The molecule has 0 saturated carbocycles. The molecule has 2 heterocycles. The van der Waals surface area contributed by atoms with Crippen LogP contribution in [-0.2, 0) is 9.31 Å². The Morgan fingerprint density at radius 1 is 1.05 bits per heavy atom. The van der Waals surface area contributed by atoms with Gasteiger partial charge in [-0.1, -0.05) is 6.07 Å². The summed E-state index contributed by atoms with van der Waals surface area (Å²) in [5.74, 6) is -0.280. The number of hydrogen-bond donors (Lipinski definition) is 1. The second-order valence-electron chi connectivity index (χ2n) is 6.00. The predicted molar refractivity (Wildman–Crippen MR) is 74.0 cm³/mol. The highest BCUT2D eigenvalue weighted by atomic mass is 19.1. The summed E-state index contributed by atoms with van der Waals surface area (Å²) in [5.41, 5.74) is 0.303. The lowest BCUT2D eigenvalue weighted by atomic mass is 9.78. The fraction of sp³-hybridized carbons (Fsp3) is 0.429. The van der Waals surface area contributed by atoms with Crippen molar-refractivity contribution in [1.29, 1.82) is 0 Å². The van der Waals surface area contributed by atoms with E-state index < -0.39 is 18.3 Å². The van der Waals surface area contributed by atoms with Crippen LogP contribution < -0.4 is 5.46 Å². The van der Waals surface area contributed by atoms with Gasteiger partial charge in [-0.3, -0.25) is 0 Å². The summed E-state index contributed by atoms with van der Waals surface area (Å²) in [6.45, 7) is 7.83. The van der Waals surface area contributed by atoms with Crippen molar-refractivity contribution in [3.05, 3.63) is 30.2 Å². The van der Waals surface area contributed by atoms with Crippen LogP contribution in [0.5, 0.6) is 0 Å². The van der Waals surface area contributed by atoms with Gasteiger partial charge in [0, 0.05) is 22.6 Å². The van der Waals surface area contributed by atoms with Crippen LogP contribution in [0.2, 0.25) is 0 Å². The van der Waals surface area contributed by atoms with E-state index in [1.807, 2.05) is 33.8 Å². The van der Waals surface area contributed by atoms with Crippen LogP contribution in [0.1, 0.15) is 27.7 Å². The monoisotopic (exact) mass is 261 g/mol. The average molecular weight is 261 g/mol. The van der Waals surface area contributed by atoms with E-state index in [1.165, 1.54) is 0 Å². The van der Waals surface area contributed by atoms with Crippen molar-refractivity contribution >= 4 is 23.5 Å². The molecule has 1 aliphatic heterocycles. The van der Waals surface area contributed by atoms with Gasteiger partial charge in [0.1, 0.15) is 5.82 Å². The van der Waals surface area contributed by atoms with E-state index in [4.69, 9.17) is 9.31 Å². The molecule has 1 saturated heterocycles. The number of rotatable bonds is 1. The Balaban J connectivity index is 2.04. The van der Waals surface area contributed by atoms with E-state index in [9.17, 15) is 4.39 Å². The van der Waals surface area contributed by atoms with E-state index in [1.54, 1.807) is 18.3 Å². The Kier molecular flexibility index (Phi) is 2.56. The highest BCUT2D eigenvalue weighted by Crippen LogP contribution is 2.36. The predicted octanol–water partition coefficient (Wildman–Crippen LogP) is 2.61. The minimum Gasteiger partial charge on any atom is -0.399 e. The van der Waals surface area contributed by atoms with Gasteiger partial charge in [0.15, 0.2) is 0 Å². The summed E-state index contributed by atoms with van der Waals surface area (Å²) in [5, 5.41) is 0.562. The van der Waals surface area contributed by atoms with Crippen LogP contribution in [0.4, 0.5) is 4.39 Å². The first-order valence-electron chi connectivity index (χ1n) is 6.43. The Hall–Kier alpha value is -1.33. The molecule has 0 aliphatic carbocycles. The number of benzene rings is 1. The molecule has 0 atom stereocenters. The molecule has 0 unspecified atom stereocenters. The molecule has 19 heavy (non-hydrogen) atoms. The van der Waals surface area contributed by atoms with Crippen LogP contribution in [-0.4, -0.2) is 23.3 Å². The lowest BCUT2D eigenvalue weighted by Gasteiger charge is -2.32. The standard InChI is InChI=1S/C14H17BFNO2/c1-13(2)14(3,4)19-15(18-13)10-5-6-11-9(12(10)16)7-8-17-11/h5-8,17H,1-4H3. The first-order valence-corrected chi connectivity index (χ1v) is 6.43. The molecule has 1 aromatic carbocycles. The Labute approximate surface area is 112 Å². The van der Waals surface area contributed by atoms with E-state index in [2.05, 4.69) is 4.98 Å². The van der Waals surface area contributed by atoms with Crippen LogP contribution in [0, 0.1) is 5.82 Å². The van der Waals surface area contributed by atoms with Gasteiger partial charge in [0.2, 0.25) is 0 Å². The van der Waals surface area contributed by atoms with Gasteiger partial charge in [0.25, 0.3) is 0 Å². The summed E-state index contributed by atoms with van der Waals surface area (Å²) in [6, 6.07) is 5.29. The number of hydrogen-bond acceptors (Lipinski definition) is 2.